The summed E-state index contributed by atoms with van der Waals surface area (Å²) in [6.07, 6.45) is -5.64. The van der Waals surface area contributed by atoms with Crippen molar-refractivity contribution >= 4 is 52.2 Å². The molecule has 4 N–H and O–H groups in total. The molecule has 2 aromatic heterocycles. The van der Waals surface area contributed by atoms with Crippen molar-refractivity contribution in [3.05, 3.63) is 82.8 Å². The van der Waals surface area contributed by atoms with Crippen LogP contribution in [0.25, 0.3) is 11.0 Å². The number of nitrogens with zero attached hydrogens (tertiary/aromatic N) is 4. The lowest BCUT2D eigenvalue weighted by atomic mass is 9.94. The zero-order valence-corrected chi connectivity index (χ0v) is 30.5. The number of nitrogens with one attached hydrogen (secondary N) is 2. The van der Waals surface area contributed by atoms with Gasteiger partial charge in [-0.1, -0.05) is 23.7 Å². The predicted octanol–water partition coefficient (Wildman–Crippen LogP) is 3.99. The number of halogens is 4. The minimum atomic E-state index is -4.79. The van der Waals surface area contributed by atoms with Crippen molar-refractivity contribution < 1.29 is 59.7 Å². The number of sulfonamides is 1. The molecule has 6 rings (SSSR count). The Balaban J connectivity index is 1.29. The lowest BCUT2D eigenvalue weighted by Crippen LogP contribution is -2.44. The number of cyclic esters (lactones) is 1. The maximum atomic E-state index is 14.4. The molecule has 286 valence electrons. The van der Waals surface area contributed by atoms with E-state index >= 15 is 0 Å². The van der Waals surface area contributed by atoms with Crippen molar-refractivity contribution in [2.75, 3.05) is 24.4 Å². The quantitative estimate of drug-likeness (QED) is 0.0909. The summed E-state index contributed by atoms with van der Waals surface area (Å²) in [6, 6.07) is 8.43. The van der Waals surface area contributed by atoms with Gasteiger partial charge in [0.15, 0.2) is 12.0 Å². The molecular weight excluding hydrogens is 772 g/mol. The first-order chi connectivity index (χ1) is 24.8. The monoisotopic (exact) mass is 804 g/mol. The molecule has 0 amide bonds. The molecule has 0 saturated carbocycles. The van der Waals surface area contributed by atoms with E-state index in [4.69, 9.17) is 30.1 Å². The van der Waals surface area contributed by atoms with Gasteiger partial charge in [0.1, 0.15) is 48.2 Å². The van der Waals surface area contributed by atoms with Gasteiger partial charge in [0.25, 0.3) is 0 Å². The molecule has 0 radical (unpaired) electrons. The molecule has 2 aliphatic heterocycles. The van der Waals surface area contributed by atoms with Crippen LogP contribution in [0.4, 0.5) is 19.0 Å². The van der Waals surface area contributed by atoms with Crippen LogP contribution in [0.15, 0.2) is 61.1 Å². The molecule has 22 heteroatoms. The van der Waals surface area contributed by atoms with Crippen LogP contribution in [0.3, 0.4) is 0 Å². The number of anilines is 1. The lowest BCUT2D eigenvalue weighted by Gasteiger charge is -2.30. The smallest absolute Gasteiger partial charge is 0.459 e. The number of aliphatic hydroxyl groups excluding tert-OH is 1. The van der Waals surface area contributed by atoms with Crippen molar-refractivity contribution in [3.8, 4) is 5.75 Å². The number of alkyl halides is 3. The van der Waals surface area contributed by atoms with Crippen molar-refractivity contribution in [2.45, 2.75) is 56.7 Å². The maximum absolute atomic E-state index is 14.4. The zero-order chi connectivity index (χ0) is 38.5. The molecular formula is C31H33ClF3N6O10PS. The summed E-state index contributed by atoms with van der Waals surface area (Å²) in [6.45, 7) is 1.71. The number of benzene rings is 2. The summed E-state index contributed by atoms with van der Waals surface area (Å²) in [5.74, 6) is -0.941. The number of carbonyl (C=O) groups excluding carboxylic acids is 1. The van der Waals surface area contributed by atoms with Crippen LogP contribution in [0.5, 0.6) is 5.75 Å². The molecule has 0 aliphatic carbocycles. The van der Waals surface area contributed by atoms with Crippen LogP contribution in [0, 0.1) is 0 Å². The highest BCUT2D eigenvalue weighted by Gasteiger charge is 2.54. The van der Waals surface area contributed by atoms with E-state index in [9.17, 15) is 41.2 Å². The number of aromatic nitrogens is 3. The lowest BCUT2D eigenvalue weighted by molar-refractivity contribution is -0.152. The molecule has 4 aromatic rings. The number of esters is 1. The number of hydrogen-bond acceptors (Lipinski definition) is 13. The standard InChI is InChI=1S/C31H33ClF3N6O10PS/c1-4-41(39-53(3,46)47)27-20-12-13-40(26(20)36-16-37-27)29-30(2,44)25(42)23(50-29)15-49-52(45,51-18-10-8-17(32)9-11-18)38-24-19-6-5-7-22(31(33,34)35)21(19)14-48-28(24)43/h5-13,16,23-25,29,39,42,44H,4,14-15H2,1-3H3,(H,38,45)/t23?,24?,25-,29?,30-,52?/m1/s1. The van der Waals surface area contributed by atoms with Gasteiger partial charge in [-0.05, 0) is 55.8 Å². The second-order valence-corrected chi connectivity index (χ2v) is 16.2. The van der Waals surface area contributed by atoms with E-state index in [0.29, 0.717) is 10.4 Å². The number of aliphatic hydroxyl groups is 2. The predicted molar refractivity (Wildman–Crippen MR) is 182 cm³/mol. The minimum Gasteiger partial charge on any atom is -0.459 e. The number of fused-ring (bicyclic) bond motifs is 2. The Hall–Kier alpha value is -3.85. The number of rotatable bonds is 12. The van der Waals surface area contributed by atoms with E-state index in [1.807, 2.05) is 0 Å². The molecule has 6 atom stereocenters. The number of ether oxygens (including phenoxy) is 2. The van der Waals surface area contributed by atoms with Crippen LogP contribution in [0.1, 0.15) is 42.8 Å². The van der Waals surface area contributed by atoms with E-state index in [2.05, 4.69) is 19.9 Å². The van der Waals surface area contributed by atoms with Gasteiger partial charge in [-0.15, -0.1) is 4.83 Å². The Labute approximate surface area is 305 Å². The SMILES string of the molecule is CCN(NS(C)(=O)=O)c1ncnc2c1ccn2C1OC(COP(=O)(NC2C(=O)OCc3c2cccc3C(F)(F)F)Oc2ccc(Cl)cc2)[C@@H](O)[C@@]1(C)O. The molecule has 1 fully saturated rings. The van der Waals surface area contributed by atoms with Crippen LogP contribution in [0.2, 0.25) is 5.02 Å². The highest BCUT2D eigenvalue weighted by molar-refractivity contribution is 7.88. The van der Waals surface area contributed by atoms with Gasteiger partial charge in [0, 0.05) is 23.3 Å². The largest absolute Gasteiger partial charge is 0.459 e. The first kappa shape index (κ1) is 38.9. The van der Waals surface area contributed by atoms with Gasteiger partial charge in [-0.2, -0.15) is 18.3 Å². The minimum absolute atomic E-state index is 0.0720. The Bertz CT molecular complexity index is 2180. The molecule has 0 bridgehead atoms. The van der Waals surface area contributed by atoms with Crippen LogP contribution in [-0.2, 0) is 46.2 Å². The van der Waals surface area contributed by atoms with Gasteiger partial charge in [-0.25, -0.2) is 27.7 Å². The summed E-state index contributed by atoms with van der Waals surface area (Å²) in [7, 11) is -8.48. The van der Waals surface area contributed by atoms with E-state index in [1.165, 1.54) is 59.4 Å². The maximum Gasteiger partial charge on any atom is 0.459 e. The summed E-state index contributed by atoms with van der Waals surface area (Å²) in [5, 5.41) is 27.1. The number of hydrogen-bond donors (Lipinski definition) is 4. The van der Waals surface area contributed by atoms with Crippen LogP contribution >= 0.6 is 19.3 Å². The van der Waals surface area contributed by atoms with E-state index in [-0.39, 0.29) is 34.9 Å². The van der Waals surface area contributed by atoms with Crippen molar-refractivity contribution in [3.63, 3.8) is 0 Å². The van der Waals surface area contributed by atoms with Gasteiger partial charge in [0.2, 0.25) is 10.0 Å². The van der Waals surface area contributed by atoms with E-state index in [0.717, 1.165) is 18.4 Å². The summed E-state index contributed by atoms with van der Waals surface area (Å²) < 4.78 is 104. The first-order valence-corrected chi connectivity index (χ1v) is 19.6. The fraction of sp³-hybridized carbons (Fsp3) is 0.387. The van der Waals surface area contributed by atoms with Gasteiger partial charge >= 0.3 is 19.9 Å². The Morgan fingerprint density at radius 1 is 1.19 bits per heavy atom. The molecule has 16 nitrogen and oxygen atoms in total. The second-order valence-electron chi connectivity index (χ2n) is 12.3. The third-order valence-corrected chi connectivity index (χ3v) is 10.8. The molecule has 0 spiro atoms. The van der Waals surface area contributed by atoms with Crippen molar-refractivity contribution in [1.82, 2.24) is 24.5 Å². The van der Waals surface area contributed by atoms with Crippen LogP contribution < -0.4 is 19.5 Å². The summed E-state index contributed by atoms with van der Waals surface area (Å²) >= 11 is 5.97. The third-order valence-electron chi connectivity index (χ3n) is 8.50. The number of hydrazine groups is 1. The molecule has 4 unspecified atom stereocenters. The van der Waals surface area contributed by atoms with Crippen molar-refractivity contribution in [1.29, 1.82) is 0 Å². The van der Waals surface area contributed by atoms with Crippen LogP contribution in [-0.4, -0.2) is 76.4 Å². The Kier molecular flexibility index (Phi) is 10.6. The second kappa shape index (κ2) is 14.4. The Morgan fingerprint density at radius 2 is 1.91 bits per heavy atom. The van der Waals surface area contributed by atoms with E-state index in [1.54, 1.807) is 13.0 Å². The highest BCUT2D eigenvalue weighted by atomic mass is 35.5. The zero-order valence-electron chi connectivity index (χ0n) is 28.0. The van der Waals surface area contributed by atoms with Gasteiger partial charge in [0.05, 0.1) is 23.8 Å². The molecule has 4 heterocycles. The van der Waals surface area contributed by atoms with Gasteiger partial charge in [-0.3, -0.25) is 9.53 Å². The number of carbonyl (C=O) groups is 1. The molecule has 2 aliphatic rings. The fourth-order valence-electron chi connectivity index (χ4n) is 6.03. The van der Waals surface area contributed by atoms with Crippen molar-refractivity contribution in [2.24, 2.45) is 0 Å². The molecule has 53 heavy (non-hydrogen) atoms. The summed E-state index contributed by atoms with van der Waals surface area (Å²) in [4.78, 5) is 23.8. The normalized spacial score (nSPS) is 24.4. The molecule has 2 aromatic carbocycles. The average molecular weight is 805 g/mol. The van der Waals surface area contributed by atoms with E-state index < -0.39 is 78.8 Å². The Morgan fingerprint density at radius 3 is 2.57 bits per heavy atom. The highest BCUT2D eigenvalue weighted by Crippen LogP contribution is 2.50. The average Bonchev–Trinajstić information content (AvgIpc) is 3.61. The molecule has 1 saturated heterocycles. The first-order valence-electron chi connectivity index (χ1n) is 15.8. The fourth-order valence-corrected chi connectivity index (χ4v) is 8.25. The topological polar surface area (TPSA) is 204 Å². The van der Waals surface area contributed by atoms with Gasteiger partial charge < -0.3 is 28.8 Å². The third kappa shape index (κ3) is 8.01. The summed E-state index contributed by atoms with van der Waals surface area (Å²) in [5.41, 5.74) is -3.44.